The van der Waals surface area contributed by atoms with E-state index < -0.39 is 11.8 Å². The third-order valence-corrected chi connectivity index (χ3v) is 4.30. The standard InChI is InChI=1S/C20H13FN4O3/c1-27-20(26)18-17(23)11(9-22)10-25(18)12-6-7-14(21)13(8-12)19-24-15-4-2-3-5-16(15)28-19/h2-8,10H,23H2,1H3. The number of nitrogen functional groups attached to an aromatic ring is 1. The number of fused-ring (bicyclic) bond motifs is 1. The van der Waals surface area contributed by atoms with Gasteiger partial charge < -0.3 is 19.5 Å². The number of nitrogens with two attached hydrogens (primary N) is 1. The van der Waals surface area contributed by atoms with Crippen molar-refractivity contribution < 1.29 is 18.3 Å². The van der Waals surface area contributed by atoms with Crippen LogP contribution in [0.5, 0.6) is 0 Å². The van der Waals surface area contributed by atoms with E-state index in [0.29, 0.717) is 16.8 Å². The van der Waals surface area contributed by atoms with Crippen molar-refractivity contribution in [2.24, 2.45) is 0 Å². The molecule has 0 spiro atoms. The number of carbonyl (C=O) groups is 1. The molecule has 8 heteroatoms. The zero-order chi connectivity index (χ0) is 19.8. The highest BCUT2D eigenvalue weighted by atomic mass is 19.1. The quantitative estimate of drug-likeness (QED) is 0.547. The molecule has 0 saturated carbocycles. The Labute approximate surface area is 158 Å². The molecule has 0 unspecified atom stereocenters. The summed E-state index contributed by atoms with van der Waals surface area (Å²) in [5, 5.41) is 9.23. The average molecular weight is 376 g/mol. The average Bonchev–Trinajstić information content (AvgIpc) is 3.28. The summed E-state index contributed by atoms with van der Waals surface area (Å²) < 4.78 is 26.3. The first-order valence-corrected chi connectivity index (χ1v) is 8.18. The first-order chi connectivity index (χ1) is 13.5. The van der Waals surface area contributed by atoms with Crippen molar-refractivity contribution in [2.45, 2.75) is 0 Å². The van der Waals surface area contributed by atoms with E-state index in [-0.39, 0.29) is 28.4 Å². The van der Waals surface area contributed by atoms with Gasteiger partial charge in [0.2, 0.25) is 5.89 Å². The molecule has 0 atom stereocenters. The van der Waals surface area contributed by atoms with Crippen molar-refractivity contribution in [1.29, 1.82) is 5.26 Å². The fourth-order valence-corrected chi connectivity index (χ4v) is 2.93. The number of anilines is 1. The van der Waals surface area contributed by atoms with Crippen molar-refractivity contribution in [3.8, 4) is 23.2 Å². The van der Waals surface area contributed by atoms with Crippen molar-refractivity contribution in [2.75, 3.05) is 12.8 Å². The summed E-state index contributed by atoms with van der Waals surface area (Å²) in [6.45, 7) is 0. The molecule has 4 rings (SSSR count). The van der Waals surface area contributed by atoms with E-state index in [4.69, 9.17) is 14.9 Å². The van der Waals surface area contributed by atoms with Gasteiger partial charge in [-0.3, -0.25) is 0 Å². The molecule has 0 aliphatic carbocycles. The summed E-state index contributed by atoms with van der Waals surface area (Å²) >= 11 is 0. The van der Waals surface area contributed by atoms with Crippen LogP contribution in [0.3, 0.4) is 0 Å². The molecule has 2 heterocycles. The summed E-state index contributed by atoms with van der Waals surface area (Å²) in [4.78, 5) is 16.5. The van der Waals surface area contributed by atoms with Gasteiger partial charge >= 0.3 is 5.97 Å². The summed E-state index contributed by atoms with van der Waals surface area (Å²) in [7, 11) is 1.21. The Morgan fingerprint density at radius 3 is 2.82 bits per heavy atom. The number of hydrogen-bond donors (Lipinski definition) is 1. The van der Waals surface area contributed by atoms with Crippen LogP contribution >= 0.6 is 0 Å². The summed E-state index contributed by atoms with van der Waals surface area (Å²) in [6, 6.07) is 13.1. The van der Waals surface area contributed by atoms with E-state index in [1.807, 2.05) is 6.07 Å². The maximum Gasteiger partial charge on any atom is 0.357 e. The number of aromatic nitrogens is 2. The molecule has 0 fully saturated rings. The van der Waals surface area contributed by atoms with Crippen LogP contribution in [0.1, 0.15) is 16.1 Å². The highest BCUT2D eigenvalue weighted by molar-refractivity contribution is 5.96. The van der Waals surface area contributed by atoms with Crippen LogP contribution < -0.4 is 5.73 Å². The fraction of sp³-hybridized carbons (Fsp3) is 0.0500. The lowest BCUT2D eigenvalue weighted by molar-refractivity contribution is 0.0593. The number of benzene rings is 2. The first kappa shape index (κ1) is 17.3. The minimum atomic E-state index is -0.716. The maximum absolute atomic E-state index is 14.5. The molecule has 0 aliphatic rings. The lowest BCUT2D eigenvalue weighted by Crippen LogP contribution is -2.11. The van der Waals surface area contributed by atoms with Crippen LogP contribution in [0.4, 0.5) is 10.1 Å². The second-order valence-electron chi connectivity index (χ2n) is 5.93. The largest absolute Gasteiger partial charge is 0.464 e. The number of halogens is 1. The van der Waals surface area contributed by atoms with E-state index in [2.05, 4.69) is 4.98 Å². The van der Waals surface area contributed by atoms with Crippen LogP contribution in [0, 0.1) is 17.1 Å². The number of methoxy groups -OCH3 is 1. The third-order valence-electron chi connectivity index (χ3n) is 4.30. The van der Waals surface area contributed by atoms with Gasteiger partial charge in [0.25, 0.3) is 0 Å². The van der Waals surface area contributed by atoms with E-state index in [1.165, 1.54) is 36.1 Å². The molecule has 0 amide bonds. The van der Waals surface area contributed by atoms with E-state index in [9.17, 15) is 14.4 Å². The number of hydrogen-bond acceptors (Lipinski definition) is 6. The lowest BCUT2D eigenvalue weighted by Gasteiger charge is -2.10. The Kier molecular flexibility index (Phi) is 4.05. The molecule has 7 nitrogen and oxygen atoms in total. The molecular weight excluding hydrogens is 363 g/mol. The van der Waals surface area contributed by atoms with Crippen LogP contribution in [0.15, 0.2) is 53.1 Å². The number of ether oxygens (including phenoxy) is 1. The molecule has 0 aliphatic heterocycles. The van der Waals surface area contributed by atoms with Crippen LogP contribution in [-0.2, 0) is 4.74 Å². The lowest BCUT2D eigenvalue weighted by atomic mass is 10.1. The van der Waals surface area contributed by atoms with E-state index in [0.717, 1.165) is 0 Å². The zero-order valence-corrected chi connectivity index (χ0v) is 14.6. The molecule has 28 heavy (non-hydrogen) atoms. The molecule has 2 aromatic carbocycles. The molecule has 0 bridgehead atoms. The normalized spacial score (nSPS) is 10.8. The van der Waals surface area contributed by atoms with Crippen LogP contribution in [0.2, 0.25) is 0 Å². The maximum atomic E-state index is 14.5. The Balaban J connectivity index is 1.91. The smallest absolute Gasteiger partial charge is 0.357 e. The van der Waals surface area contributed by atoms with Gasteiger partial charge in [0.15, 0.2) is 11.3 Å². The molecule has 2 aromatic heterocycles. The van der Waals surface area contributed by atoms with Gasteiger partial charge in [-0.15, -0.1) is 0 Å². The molecule has 0 saturated heterocycles. The fourth-order valence-electron chi connectivity index (χ4n) is 2.93. The molecular formula is C20H13FN4O3. The minimum absolute atomic E-state index is 0.0120. The van der Waals surface area contributed by atoms with Gasteiger partial charge in [-0.05, 0) is 30.3 Å². The van der Waals surface area contributed by atoms with E-state index in [1.54, 1.807) is 24.3 Å². The van der Waals surface area contributed by atoms with Crippen molar-refractivity contribution in [3.63, 3.8) is 0 Å². The monoisotopic (exact) mass is 376 g/mol. The second-order valence-corrected chi connectivity index (χ2v) is 5.93. The Morgan fingerprint density at radius 1 is 1.32 bits per heavy atom. The van der Waals surface area contributed by atoms with Crippen molar-refractivity contribution >= 4 is 22.8 Å². The predicted octanol–water partition coefficient (Wildman–Crippen LogP) is 3.67. The van der Waals surface area contributed by atoms with Gasteiger partial charge in [0.1, 0.15) is 17.4 Å². The van der Waals surface area contributed by atoms with Crippen LogP contribution in [-0.4, -0.2) is 22.6 Å². The SMILES string of the molecule is COC(=O)c1c(N)c(C#N)cn1-c1ccc(F)c(-c2nc3ccccc3o2)c1. The highest BCUT2D eigenvalue weighted by Crippen LogP contribution is 2.30. The first-order valence-electron chi connectivity index (χ1n) is 8.18. The second kappa shape index (κ2) is 6.55. The molecule has 4 aromatic rings. The summed E-state index contributed by atoms with van der Waals surface area (Å²) in [5.74, 6) is -1.16. The van der Waals surface area contributed by atoms with Gasteiger partial charge in [0.05, 0.1) is 23.9 Å². The minimum Gasteiger partial charge on any atom is -0.464 e. The molecule has 0 radical (unpaired) electrons. The van der Waals surface area contributed by atoms with Gasteiger partial charge in [-0.1, -0.05) is 12.1 Å². The van der Waals surface area contributed by atoms with Crippen molar-refractivity contribution in [3.05, 3.63) is 65.7 Å². The zero-order valence-electron chi connectivity index (χ0n) is 14.6. The molecule has 138 valence electrons. The van der Waals surface area contributed by atoms with Gasteiger partial charge in [0, 0.05) is 11.9 Å². The number of oxazole rings is 1. The number of carbonyl (C=O) groups excluding carboxylic acids is 1. The number of nitriles is 1. The summed E-state index contributed by atoms with van der Waals surface area (Å²) in [5.41, 5.74) is 7.60. The Morgan fingerprint density at radius 2 is 2.11 bits per heavy atom. The Bertz CT molecular complexity index is 1230. The number of nitrogens with zero attached hydrogens (tertiary/aromatic N) is 3. The highest BCUT2D eigenvalue weighted by Gasteiger charge is 2.23. The van der Waals surface area contributed by atoms with E-state index >= 15 is 0 Å². The third kappa shape index (κ3) is 2.66. The Hall–Kier alpha value is -4.12. The molecule has 2 N–H and O–H groups in total. The number of para-hydroxylation sites is 2. The topological polar surface area (TPSA) is 107 Å². The summed E-state index contributed by atoms with van der Waals surface area (Å²) in [6.07, 6.45) is 1.39. The van der Waals surface area contributed by atoms with Crippen molar-refractivity contribution in [1.82, 2.24) is 9.55 Å². The predicted molar refractivity (Wildman–Crippen MR) is 99.2 cm³/mol. The van der Waals surface area contributed by atoms with Gasteiger partial charge in [-0.25, -0.2) is 14.2 Å². The van der Waals surface area contributed by atoms with Gasteiger partial charge in [-0.2, -0.15) is 5.26 Å². The number of esters is 1. The number of rotatable bonds is 3. The van der Waals surface area contributed by atoms with Crippen LogP contribution in [0.25, 0.3) is 28.2 Å².